The van der Waals surface area contributed by atoms with E-state index in [0.717, 1.165) is 19.5 Å². The summed E-state index contributed by atoms with van der Waals surface area (Å²) >= 11 is 0. The number of aryl methyl sites for hydroxylation is 1. The van der Waals surface area contributed by atoms with Crippen molar-refractivity contribution in [1.29, 1.82) is 0 Å². The van der Waals surface area contributed by atoms with Crippen LogP contribution in [0.25, 0.3) is 0 Å². The summed E-state index contributed by atoms with van der Waals surface area (Å²) < 4.78 is 15.2. The third kappa shape index (κ3) is 3.85. The fourth-order valence-corrected chi connectivity index (χ4v) is 3.92. The van der Waals surface area contributed by atoms with Gasteiger partial charge in [-0.15, -0.1) is 0 Å². The minimum Gasteiger partial charge on any atom is -0.353 e. The second-order valence-electron chi connectivity index (χ2n) is 7.27. The van der Waals surface area contributed by atoms with E-state index in [-0.39, 0.29) is 17.8 Å². The van der Waals surface area contributed by atoms with Gasteiger partial charge in [0.15, 0.2) is 0 Å². The van der Waals surface area contributed by atoms with Gasteiger partial charge in [-0.1, -0.05) is 24.3 Å². The summed E-state index contributed by atoms with van der Waals surface area (Å²) in [7, 11) is 2.03. The monoisotopic (exact) mass is 377 g/mol. The molecule has 1 aliphatic rings. The molecule has 2 heterocycles. The van der Waals surface area contributed by atoms with Crippen LogP contribution < -0.4 is 5.32 Å². The van der Waals surface area contributed by atoms with Crippen molar-refractivity contribution in [2.45, 2.75) is 19.0 Å². The van der Waals surface area contributed by atoms with E-state index in [1.54, 1.807) is 0 Å². The maximum absolute atomic E-state index is 13.1. The molecule has 1 amide bonds. The smallest absolute Gasteiger partial charge is 0.251 e. The maximum atomic E-state index is 13.1. The number of aromatic nitrogens is 1. The van der Waals surface area contributed by atoms with Crippen LogP contribution in [0.3, 0.4) is 0 Å². The summed E-state index contributed by atoms with van der Waals surface area (Å²) in [6, 6.07) is 18.4. The number of rotatable bonds is 5. The zero-order chi connectivity index (χ0) is 19.5. The molecule has 0 fully saturated rings. The topological polar surface area (TPSA) is 37.3 Å². The number of hydrogen-bond donors (Lipinski definition) is 1. The number of nitrogens with one attached hydrogen (secondary N) is 1. The average Bonchev–Trinajstić information content (AvgIpc) is 3.14. The van der Waals surface area contributed by atoms with Crippen LogP contribution in [-0.2, 0) is 20.0 Å². The van der Waals surface area contributed by atoms with Gasteiger partial charge in [0.2, 0.25) is 0 Å². The van der Waals surface area contributed by atoms with E-state index in [0.29, 0.717) is 12.1 Å². The molecule has 1 aromatic heterocycles. The van der Waals surface area contributed by atoms with Crippen LogP contribution in [0, 0.1) is 5.82 Å². The Bertz CT molecular complexity index is 964. The molecular formula is C23H24FN3O. The Morgan fingerprint density at radius 2 is 1.82 bits per heavy atom. The van der Waals surface area contributed by atoms with Gasteiger partial charge >= 0.3 is 0 Å². The lowest BCUT2D eigenvalue weighted by Gasteiger charge is -2.36. The molecule has 28 heavy (non-hydrogen) atoms. The van der Waals surface area contributed by atoms with Crippen molar-refractivity contribution >= 4 is 5.91 Å². The molecule has 0 radical (unpaired) electrons. The van der Waals surface area contributed by atoms with Gasteiger partial charge in [-0.3, -0.25) is 9.69 Å². The number of nitrogens with zero attached hydrogens (tertiary/aromatic N) is 2. The fourth-order valence-electron chi connectivity index (χ4n) is 3.92. The molecule has 144 valence electrons. The molecule has 0 bridgehead atoms. The molecular weight excluding hydrogens is 353 g/mol. The van der Waals surface area contributed by atoms with E-state index in [1.807, 2.05) is 19.3 Å². The Hall–Kier alpha value is -2.92. The molecule has 4 nitrogen and oxygen atoms in total. The summed E-state index contributed by atoms with van der Waals surface area (Å²) in [4.78, 5) is 15.0. The molecule has 0 saturated carbocycles. The first-order valence-electron chi connectivity index (χ1n) is 9.57. The van der Waals surface area contributed by atoms with Gasteiger partial charge in [-0.2, -0.15) is 0 Å². The van der Waals surface area contributed by atoms with Crippen LogP contribution in [0.2, 0.25) is 0 Å². The molecule has 5 heteroatoms. The lowest BCUT2D eigenvalue weighted by Crippen LogP contribution is -2.41. The van der Waals surface area contributed by atoms with E-state index in [4.69, 9.17) is 0 Å². The first-order valence-corrected chi connectivity index (χ1v) is 9.57. The van der Waals surface area contributed by atoms with Crippen molar-refractivity contribution in [2.75, 3.05) is 13.1 Å². The van der Waals surface area contributed by atoms with Gasteiger partial charge in [0.1, 0.15) is 5.82 Å². The molecule has 2 aromatic carbocycles. The Kier molecular flexibility index (Phi) is 5.26. The maximum Gasteiger partial charge on any atom is 0.251 e. The van der Waals surface area contributed by atoms with E-state index >= 15 is 0 Å². The number of carbonyl (C=O) groups is 1. The van der Waals surface area contributed by atoms with Gasteiger partial charge in [0, 0.05) is 44.1 Å². The lowest BCUT2D eigenvalue weighted by atomic mass is 9.97. The highest BCUT2D eigenvalue weighted by Gasteiger charge is 2.26. The van der Waals surface area contributed by atoms with Crippen LogP contribution in [0.5, 0.6) is 0 Å². The standard InChI is InChI=1S/C23H24FN3O/c1-26-13-4-7-21(26)22(15-25-23(28)18-8-10-20(24)11-9-18)27-14-12-17-5-2-3-6-19(17)16-27/h2-11,13,22H,12,14-16H2,1H3,(H,25,28)/t22-/m0/s1. The van der Waals surface area contributed by atoms with Crippen LogP contribution in [0.15, 0.2) is 66.9 Å². The van der Waals surface area contributed by atoms with Crippen LogP contribution in [0.1, 0.15) is 33.2 Å². The SMILES string of the molecule is Cn1cccc1[C@H](CNC(=O)c1ccc(F)cc1)N1CCc2ccccc2C1. The Balaban J connectivity index is 1.53. The highest BCUT2D eigenvalue weighted by molar-refractivity contribution is 5.94. The number of amides is 1. The van der Waals surface area contributed by atoms with Crippen LogP contribution in [0.4, 0.5) is 4.39 Å². The minimum atomic E-state index is -0.342. The number of halogens is 1. The summed E-state index contributed by atoms with van der Waals surface area (Å²) in [6.07, 6.45) is 3.03. The van der Waals surface area contributed by atoms with Crippen molar-refractivity contribution in [3.05, 3.63) is 95.1 Å². The Morgan fingerprint density at radius 1 is 1.07 bits per heavy atom. The van der Waals surface area contributed by atoms with Crippen LogP contribution in [-0.4, -0.2) is 28.5 Å². The Morgan fingerprint density at radius 3 is 2.54 bits per heavy atom. The summed E-state index contributed by atoms with van der Waals surface area (Å²) in [6.45, 7) is 2.30. The van der Waals surface area contributed by atoms with Crippen molar-refractivity contribution in [1.82, 2.24) is 14.8 Å². The second-order valence-corrected chi connectivity index (χ2v) is 7.27. The van der Waals surface area contributed by atoms with Gasteiger partial charge in [-0.25, -0.2) is 4.39 Å². The van der Waals surface area contributed by atoms with E-state index in [2.05, 4.69) is 45.1 Å². The lowest BCUT2D eigenvalue weighted by molar-refractivity contribution is 0.0925. The molecule has 0 unspecified atom stereocenters. The highest BCUT2D eigenvalue weighted by atomic mass is 19.1. The van der Waals surface area contributed by atoms with Gasteiger partial charge < -0.3 is 9.88 Å². The third-order valence-electron chi connectivity index (χ3n) is 5.49. The van der Waals surface area contributed by atoms with Crippen LogP contribution >= 0.6 is 0 Å². The van der Waals surface area contributed by atoms with E-state index in [9.17, 15) is 9.18 Å². The molecule has 1 aliphatic heterocycles. The average molecular weight is 377 g/mol. The third-order valence-corrected chi connectivity index (χ3v) is 5.49. The number of hydrogen-bond acceptors (Lipinski definition) is 2. The zero-order valence-corrected chi connectivity index (χ0v) is 15.9. The fraction of sp³-hybridized carbons (Fsp3) is 0.261. The molecule has 1 N–H and O–H groups in total. The number of fused-ring (bicyclic) bond motifs is 1. The van der Waals surface area contributed by atoms with Crippen molar-refractivity contribution in [3.8, 4) is 0 Å². The normalized spacial score (nSPS) is 15.1. The first kappa shape index (κ1) is 18.4. The van der Waals surface area contributed by atoms with Gasteiger partial charge in [0.25, 0.3) is 5.91 Å². The summed E-state index contributed by atoms with van der Waals surface area (Å²) in [5.74, 6) is -0.526. The largest absolute Gasteiger partial charge is 0.353 e. The molecule has 3 aromatic rings. The quantitative estimate of drug-likeness (QED) is 0.736. The highest BCUT2D eigenvalue weighted by Crippen LogP contribution is 2.27. The number of benzene rings is 2. The van der Waals surface area contributed by atoms with Gasteiger partial charge in [0.05, 0.1) is 6.04 Å². The summed E-state index contributed by atoms with van der Waals surface area (Å²) in [5, 5.41) is 3.04. The molecule has 4 rings (SSSR count). The van der Waals surface area contributed by atoms with E-state index in [1.165, 1.54) is 41.1 Å². The Labute approximate surface area is 164 Å². The molecule has 0 aliphatic carbocycles. The van der Waals surface area contributed by atoms with E-state index < -0.39 is 0 Å². The van der Waals surface area contributed by atoms with Crippen molar-refractivity contribution in [2.24, 2.45) is 7.05 Å². The van der Waals surface area contributed by atoms with Crippen molar-refractivity contribution < 1.29 is 9.18 Å². The molecule has 0 spiro atoms. The minimum absolute atomic E-state index is 0.0674. The predicted molar refractivity (Wildman–Crippen MR) is 107 cm³/mol. The first-order chi connectivity index (χ1) is 13.6. The summed E-state index contributed by atoms with van der Waals surface area (Å²) in [5.41, 5.74) is 4.38. The predicted octanol–water partition coefficient (Wildman–Crippen LogP) is 3.69. The number of carbonyl (C=O) groups excluding carboxylic acids is 1. The molecule has 0 saturated heterocycles. The zero-order valence-electron chi connectivity index (χ0n) is 15.9. The van der Waals surface area contributed by atoms with Gasteiger partial charge in [-0.05, 0) is 53.9 Å². The second kappa shape index (κ2) is 7.98. The molecule has 1 atom stereocenters. The van der Waals surface area contributed by atoms with Crippen molar-refractivity contribution in [3.63, 3.8) is 0 Å².